The number of ether oxygens (including phenoxy) is 1. The number of anilines is 1. The molecule has 3 aromatic rings. The molecule has 3 rings (SSSR count). The van der Waals surface area contributed by atoms with E-state index in [4.69, 9.17) is 22.1 Å². The Bertz CT molecular complexity index is 1030. The number of nitrogens with two attached hydrogens (primary N) is 1. The summed E-state index contributed by atoms with van der Waals surface area (Å²) in [5.74, 6) is 0.451. The van der Waals surface area contributed by atoms with Gasteiger partial charge in [-0.1, -0.05) is 23.4 Å². The molecule has 0 spiro atoms. The highest BCUT2D eigenvalue weighted by molar-refractivity contribution is 7.98. The summed E-state index contributed by atoms with van der Waals surface area (Å²) in [4.78, 5) is 8.59. The molecule has 0 saturated heterocycles. The molecule has 26 heavy (non-hydrogen) atoms. The Hall–Kier alpha value is -2.83. The Morgan fingerprint density at radius 3 is 2.73 bits per heavy atom. The second-order valence-electron chi connectivity index (χ2n) is 5.10. The Labute approximate surface area is 157 Å². The summed E-state index contributed by atoms with van der Waals surface area (Å²) in [5.41, 5.74) is 6.75. The summed E-state index contributed by atoms with van der Waals surface area (Å²) in [7, 11) is 0. The minimum absolute atomic E-state index is 0.108. The first-order valence-electron chi connectivity index (χ1n) is 7.24. The number of nitriles is 1. The van der Waals surface area contributed by atoms with Crippen LogP contribution < -0.4 is 10.5 Å². The first kappa shape index (κ1) is 18.0. The van der Waals surface area contributed by atoms with Crippen molar-refractivity contribution >= 4 is 29.2 Å². The molecule has 0 aliphatic heterocycles. The normalized spacial score (nSPS) is 10.6. The van der Waals surface area contributed by atoms with Crippen molar-refractivity contribution in [2.75, 3.05) is 12.0 Å². The lowest BCUT2D eigenvalue weighted by atomic mass is 10.3. The zero-order chi connectivity index (χ0) is 18.8. The number of rotatable bonds is 4. The maximum absolute atomic E-state index is 13.2. The summed E-state index contributed by atoms with van der Waals surface area (Å²) >= 11 is 7.28. The Morgan fingerprint density at radius 2 is 2.12 bits per heavy atom. The van der Waals surface area contributed by atoms with Crippen LogP contribution in [-0.2, 0) is 0 Å². The monoisotopic (exact) mass is 390 g/mol. The van der Waals surface area contributed by atoms with Crippen LogP contribution in [-0.4, -0.2) is 26.0 Å². The molecule has 132 valence electrons. The number of halogens is 2. The molecule has 0 bridgehead atoms. The number of hydrogen-bond donors (Lipinski definition) is 1. The van der Waals surface area contributed by atoms with Gasteiger partial charge < -0.3 is 10.5 Å². The fraction of sp³-hybridized carbons (Fsp3) is 0.125. The third kappa shape index (κ3) is 3.42. The molecule has 2 heterocycles. The molecule has 0 atom stereocenters. The minimum atomic E-state index is -0.473. The van der Waals surface area contributed by atoms with E-state index in [0.29, 0.717) is 16.7 Å². The van der Waals surface area contributed by atoms with Crippen LogP contribution in [0.5, 0.6) is 11.6 Å². The van der Waals surface area contributed by atoms with Crippen molar-refractivity contribution in [3.05, 3.63) is 46.4 Å². The summed E-state index contributed by atoms with van der Waals surface area (Å²) in [6.45, 7) is 1.68. The minimum Gasteiger partial charge on any atom is -0.437 e. The lowest BCUT2D eigenvalue weighted by Gasteiger charge is -2.10. The molecule has 2 N–H and O–H groups in total. The smallest absolute Gasteiger partial charge is 0.225 e. The summed E-state index contributed by atoms with van der Waals surface area (Å²) in [6, 6.07) is 7.28. The van der Waals surface area contributed by atoms with Crippen molar-refractivity contribution in [1.29, 1.82) is 5.26 Å². The van der Waals surface area contributed by atoms with E-state index in [1.807, 2.05) is 6.07 Å². The van der Waals surface area contributed by atoms with Crippen LogP contribution in [0.25, 0.3) is 5.82 Å². The van der Waals surface area contributed by atoms with Gasteiger partial charge in [-0.05, 0) is 31.4 Å². The third-order valence-corrected chi connectivity index (χ3v) is 4.23. The molecule has 1 aromatic carbocycles. The second kappa shape index (κ2) is 7.19. The zero-order valence-corrected chi connectivity index (χ0v) is 15.3. The number of nitrogens with zero attached hydrogens (tertiary/aromatic N) is 5. The first-order valence-corrected chi connectivity index (χ1v) is 8.84. The van der Waals surface area contributed by atoms with Crippen molar-refractivity contribution in [3.8, 4) is 23.5 Å². The number of aryl methyl sites for hydroxylation is 1. The molecule has 0 unspecified atom stereocenters. The molecule has 0 aliphatic rings. The van der Waals surface area contributed by atoms with Gasteiger partial charge in [0.25, 0.3) is 0 Å². The molecular formula is C16H12ClFN6OS. The van der Waals surface area contributed by atoms with Crippen molar-refractivity contribution in [2.45, 2.75) is 12.1 Å². The van der Waals surface area contributed by atoms with Crippen LogP contribution in [0.1, 0.15) is 11.3 Å². The predicted octanol–water partition coefficient (Wildman–Crippen LogP) is 3.73. The SMILES string of the molecule is CSc1nc(Oc2ccc(F)cc2Cl)cc(-n2nc(C)c(C#N)c2N)n1. The summed E-state index contributed by atoms with van der Waals surface area (Å²) < 4.78 is 20.2. The van der Waals surface area contributed by atoms with Gasteiger partial charge in [0.1, 0.15) is 29.0 Å². The number of benzene rings is 1. The molecule has 0 aliphatic carbocycles. The second-order valence-corrected chi connectivity index (χ2v) is 6.28. The molecule has 2 aromatic heterocycles. The van der Waals surface area contributed by atoms with E-state index in [2.05, 4.69) is 15.1 Å². The van der Waals surface area contributed by atoms with Gasteiger partial charge >= 0.3 is 0 Å². The van der Waals surface area contributed by atoms with Crippen molar-refractivity contribution in [1.82, 2.24) is 19.7 Å². The van der Waals surface area contributed by atoms with Crippen molar-refractivity contribution < 1.29 is 9.13 Å². The highest BCUT2D eigenvalue weighted by atomic mass is 35.5. The van der Waals surface area contributed by atoms with E-state index < -0.39 is 5.82 Å². The Balaban J connectivity index is 2.06. The van der Waals surface area contributed by atoms with Gasteiger partial charge in [-0.15, -0.1) is 0 Å². The molecule has 7 nitrogen and oxygen atoms in total. The van der Waals surface area contributed by atoms with Crippen LogP contribution in [0, 0.1) is 24.1 Å². The Morgan fingerprint density at radius 1 is 1.35 bits per heavy atom. The van der Waals surface area contributed by atoms with Crippen LogP contribution >= 0.6 is 23.4 Å². The van der Waals surface area contributed by atoms with Crippen molar-refractivity contribution in [2.24, 2.45) is 0 Å². The standard InChI is InChI=1S/C16H12ClFN6OS/c1-8-10(7-19)15(20)24(23-8)13-6-14(22-16(21-13)26-2)25-12-4-3-9(18)5-11(12)17/h3-6H,20H2,1-2H3. The molecular weight excluding hydrogens is 379 g/mol. The quantitative estimate of drug-likeness (QED) is 0.534. The van der Waals surface area contributed by atoms with Crippen LogP contribution in [0.3, 0.4) is 0 Å². The lowest BCUT2D eigenvalue weighted by molar-refractivity contribution is 0.453. The first-order chi connectivity index (χ1) is 12.4. The number of aromatic nitrogens is 4. The predicted molar refractivity (Wildman–Crippen MR) is 96.3 cm³/mol. The summed E-state index contributed by atoms with van der Waals surface area (Å²) in [5, 5.41) is 13.9. The largest absolute Gasteiger partial charge is 0.437 e. The highest BCUT2D eigenvalue weighted by Crippen LogP contribution is 2.31. The van der Waals surface area contributed by atoms with E-state index in [0.717, 1.165) is 6.07 Å². The van der Waals surface area contributed by atoms with E-state index in [-0.39, 0.29) is 28.0 Å². The van der Waals surface area contributed by atoms with Crippen LogP contribution in [0.2, 0.25) is 5.02 Å². The summed E-state index contributed by atoms with van der Waals surface area (Å²) in [6.07, 6.45) is 1.80. The highest BCUT2D eigenvalue weighted by Gasteiger charge is 2.17. The molecule has 0 amide bonds. The molecule has 0 saturated carbocycles. The molecule has 10 heteroatoms. The van der Waals surface area contributed by atoms with Gasteiger partial charge in [-0.3, -0.25) is 0 Å². The van der Waals surface area contributed by atoms with Crippen molar-refractivity contribution in [3.63, 3.8) is 0 Å². The third-order valence-electron chi connectivity index (χ3n) is 3.38. The lowest BCUT2D eigenvalue weighted by Crippen LogP contribution is -2.07. The topological polar surface area (TPSA) is 103 Å². The fourth-order valence-electron chi connectivity index (χ4n) is 2.17. The number of nitrogen functional groups attached to an aromatic ring is 1. The van der Waals surface area contributed by atoms with Gasteiger partial charge in [0.15, 0.2) is 11.0 Å². The number of thioether (sulfide) groups is 1. The van der Waals surface area contributed by atoms with Crippen LogP contribution in [0.4, 0.5) is 10.2 Å². The fourth-order valence-corrected chi connectivity index (χ4v) is 2.74. The Kier molecular flexibility index (Phi) is 4.97. The van der Waals surface area contributed by atoms with E-state index in [1.54, 1.807) is 13.2 Å². The van der Waals surface area contributed by atoms with Gasteiger partial charge in [-0.25, -0.2) is 9.37 Å². The molecule has 0 radical (unpaired) electrons. The van der Waals surface area contributed by atoms with E-state index >= 15 is 0 Å². The molecule has 0 fully saturated rings. The zero-order valence-electron chi connectivity index (χ0n) is 13.7. The van der Waals surface area contributed by atoms with Gasteiger partial charge in [0, 0.05) is 6.07 Å². The van der Waals surface area contributed by atoms with Crippen LogP contribution in [0.15, 0.2) is 29.4 Å². The maximum Gasteiger partial charge on any atom is 0.225 e. The van der Waals surface area contributed by atoms with E-state index in [9.17, 15) is 9.65 Å². The van der Waals surface area contributed by atoms with Gasteiger partial charge in [-0.2, -0.15) is 20.0 Å². The average Bonchev–Trinajstić information content (AvgIpc) is 2.91. The number of hydrogen-bond acceptors (Lipinski definition) is 7. The van der Waals surface area contributed by atoms with Gasteiger partial charge in [0.05, 0.1) is 10.7 Å². The van der Waals surface area contributed by atoms with Gasteiger partial charge in [0.2, 0.25) is 5.88 Å². The average molecular weight is 391 g/mol. The van der Waals surface area contributed by atoms with E-state index in [1.165, 1.54) is 34.6 Å². The maximum atomic E-state index is 13.2.